The number of ketones is 1. The fourth-order valence-electron chi connectivity index (χ4n) is 3.23. The maximum atomic E-state index is 11.1. The normalized spacial score (nSPS) is 34.3. The molecule has 15 heavy (non-hydrogen) atoms. The van der Waals surface area contributed by atoms with E-state index in [-0.39, 0.29) is 11.2 Å². The van der Waals surface area contributed by atoms with Crippen molar-refractivity contribution in [2.24, 2.45) is 17.3 Å². The van der Waals surface area contributed by atoms with E-state index in [0.29, 0.717) is 18.8 Å². The summed E-state index contributed by atoms with van der Waals surface area (Å²) in [5.74, 6) is 1.66. The van der Waals surface area contributed by atoms with Crippen molar-refractivity contribution in [2.75, 3.05) is 0 Å². The summed E-state index contributed by atoms with van der Waals surface area (Å²) in [6.07, 6.45) is 7.19. The third-order valence-corrected chi connectivity index (χ3v) is 4.45. The van der Waals surface area contributed by atoms with Crippen LogP contribution in [0.1, 0.15) is 51.9 Å². The Morgan fingerprint density at radius 3 is 2.33 bits per heavy atom. The molecule has 2 fully saturated rings. The molecule has 0 aromatic heterocycles. The molecule has 2 heteroatoms. The number of nitriles is 1. The molecule has 0 radical (unpaired) electrons. The Morgan fingerprint density at radius 1 is 1.33 bits per heavy atom. The second-order valence-electron chi connectivity index (χ2n) is 5.29. The fraction of sp³-hybridized carbons (Fsp3) is 0.846. The van der Waals surface area contributed by atoms with E-state index < -0.39 is 0 Å². The van der Waals surface area contributed by atoms with Gasteiger partial charge in [-0.05, 0) is 24.7 Å². The highest BCUT2D eigenvalue weighted by Crippen LogP contribution is 2.50. The molecule has 0 unspecified atom stereocenters. The minimum atomic E-state index is -0.254. The molecular formula is C13H19NO. The van der Waals surface area contributed by atoms with Crippen LogP contribution >= 0.6 is 0 Å². The number of hydrogen-bond acceptors (Lipinski definition) is 2. The number of carbonyl (C=O) groups excluding carboxylic acids is 1. The molecule has 2 aliphatic carbocycles. The summed E-state index contributed by atoms with van der Waals surface area (Å²) >= 11 is 0. The van der Waals surface area contributed by atoms with E-state index in [4.69, 9.17) is 0 Å². The first-order valence-corrected chi connectivity index (χ1v) is 6.13. The highest BCUT2D eigenvalue weighted by molar-refractivity contribution is 5.87. The number of rotatable bonds is 2. The van der Waals surface area contributed by atoms with Crippen molar-refractivity contribution < 1.29 is 4.79 Å². The van der Waals surface area contributed by atoms with Gasteiger partial charge in [0.15, 0.2) is 0 Å². The smallest absolute Gasteiger partial charge is 0.136 e. The molecule has 82 valence electrons. The van der Waals surface area contributed by atoms with Gasteiger partial charge in [0.05, 0.1) is 11.5 Å². The predicted octanol–water partition coefficient (Wildman–Crippen LogP) is 3.08. The Morgan fingerprint density at radius 2 is 1.93 bits per heavy atom. The summed E-state index contributed by atoms with van der Waals surface area (Å²) < 4.78 is 0. The van der Waals surface area contributed by atoms with E-state index in [1.807, 2.05) is 0 Å². The zero-order valence-corrected chi connectivity index (χ0v) is 9.46. The quantitative estimate of drug-likeness (QED) is 0.695. The topological polar surface area (TPSA) is 40.9 Å². The summed E-state index contributed by atoms with van der Waals surface area (Å²) in [5.41, 5.74) is -0.254. The molecule has 2 nitrogen and oxygen atoms in total. The summed E-state index contributed by atoms with van der Waals surface area (Å²) in [4.78, 5) is 11.1. The van der Waals surface area contributed by atoms with E-state index in [1.54, 1.807) is 0 Å². The second-order valence-corrected chi connectivity index (χ2v) is 5.29. The molecule has 2 aliphatic rings. The minimum Gasteiger partial charge on any atom is -0.300 e. The zero-order chi connectivity index (χ0) is 10.9. The van der Waals surface area contributed by atoms with Crippen LogP contribution in [-0.2, 0) is 4.79 Å². The minimum absolute atomic E-state index is 0.254. The Kier molecular flexibility index (Phi) is 2.82. The Labute approximate surface area is 91.7 Å². The SMILES string of the molecule is CCC1CCC(C2(C#N)CC(=O)C2)CC1. The van der Waals surface area contributed by atoms with Crippen LogP contribution in [0.15, 0.2) is 0 Å². The Bertz CT molecular complexity index is 286. The molecular weight excluding hydrogens is 186 g/mol. The molecule has 0 aromatic carbocycles. The van der Waals surface area contributed by atoms with Crippen LogP contribution in [0.2, 0.25) is 0 Å². The van der Waals surface area contributed by atoms with E-state index in [0.717, 1.165) is 5.92 Å². The van der Waals surface area contributed by atoms with Gasteiger partial charge in [-0.1, -0.05) is 26.2 Å². The monoisotopic (exact) mass is 205 g/mol. The molecule has 0 heterocycles. The number of Topliss-reactive ketones (excluding diaryl/α,β-unsaturated/α-hetero) is 1. The van der Waals surface area contributed by atoms with Crippen LogP contribution in [0, 0.1) is 28.6 Å². The van der Waals surface area contributed by atoms with Gasteiger partial charge in [-0.2, -0.15) is 5.26 Å². The number of hydrogen-bond donors (Lipinski definition) is 0. The van der Waals surface area contributed by atoms with Crippen LogP contribution in [0.3, 0.4) is 0 Å². The van der Waals surface area contributed by atoms with Crippen LogP contribution in [0.5, 0.6) is 0 Å². The first-order valence-electron chi connectivity index (χ1n) is 6.13. The molecule has 0 bridgehead atoms. The second kappa shape index (κ2) is 3.96. The van der Waals surface area contributed by atoms with Gasteiger partial charge in [0.25, 0.3) is 0 Å². The lowest BCUT2D eigenvalue weighted by Crippen LogP contribution is -2.43. The molecule has 0 aliphatic heterocycles. The van der Waals surface area contributed by atoms with Crippen molar-refractivity contribution in [1.29, 1.82) is 5.26 Å². The van der Waals surface area contributed by atoms with Gasteiger partial charge in [-0.3, -0.25) is 4.79 Å². The van der Waals surface area contributed by atoms with Gasteiger partial charge in [-0.25, -0.2) is 0 Å². The average Bonchev–Trinajstić information content (AvgIpc) is 2.25. The largest absolute Gasteiger partial charge is 0.300 e. The first kappa shape index (κ1) is 10.7. The van der Waals surface area contributed by atoms with Gasteiger partial charge in [0.2, 0.25) is 0 Å². The average molecular weight is 205 g/mol. The maximum absolute atomic E-state index is 11.1. The fourth-order valence-corrected chi connectivity index (χ4v) is 3.23. The van der Waals surface area contributed by atoms with Crippen LogP contribution in [0.25, 0.3) is 0 Å². The van der Waals surface area contributed by atoms with E-state index in [1.165, 1.54) is 32.1 Å². The molecule has 0 aromatic rings. The molecule has 0 N–H and O–H groups in total. The first-order chi connectivity index (χ1) is 7.20. The molecule has 2 saturated carbocycles. The molecule has 0 amide bonds. The van der Waals surface area contributed by atoms with Crippen LogP contribution in [-0.4, -0.2) is 5.78 Å². The van der Waals surface area contributed by atoms with E-state index in [2.05, 4.69) is 13.0 Å². The zero-order valence-electron chi connectivity index (χ0n) is 9.46. The lowest BCUT2D eigenvalue weighted by molar-refractivity contribution is -0.133. The highest BCUT2D eigenvalue weighted by atomic mass is 16.1. The summed E-state index contributed by atoms with van der Waals surface area (Å²) in [5, 5.41) is 9.23. The molecule has 2 rings (SSSR count). The Hall–Kier alpha value is -0.840. The third kappa shape index (κ3) is 1.80. The van der Waals surface area contributed by atoms with Crippen molar-refractivity contribution in [1.82, 2.24) is 0 Å². The highest BCUT2D eigenvalue weighted by Gasteiger charge is 2.50. The summed E-state index contributed by atoms with van der Waals surface area (Å²) in [7, 11) is 0. The number of nitrogens with zero attached hydrogens (tertiary/aromatic N) is 1. The van der Waals surface area contributed by atoms with Crippen molar-refractivity contribution >= 4 is 5.78 Å². The maximum Gasteiger partial charge on any atom is 0.136 e. The van der Waals surface area contributed by atoms with Gasteiger partial charge in [-0.15, -0.1) is 0 Å². The van der Waals surface area contributed by atoms with Crippen molar-refractivity contribution in [3.63, 3.8) is 0 Å². The molecule has 0 spiro atoms. The van der Waals surface area contributed by atoms with Gasteiger partial charge >= 0.3 is 0 Å². The van der Waals surface area contributed by atoms with Crippen LogP contribution in [0.4, 0.5) is 0 Å². The van der Waals surface area contributed by atoms with E-state index in [9.17, 15) is 10.1 Å². The molecule has 0 atom stereocenters. The standard InChI is InChI=1S/C13H19NO/c1-2-10-3-5-11(6-4-10)13(9-14)7-12(15)8-13/h10-11H,2-8H2,1H3. The lowest BCUT2D eigenvalue weighted by atomic mass is 9.57. The van der Waals surface area contributed by atoms with Gasteiger partial charge in [0.1, 0.15) is 5.78 Å². The summed E-state index contributed by atoms with van der Waals surface area (Å²) in [6, 6.07) is 2.43. The van der Waals surface area contributed by atoms with Gasteiger partial charge < -0.3 is 0 Å². The van der Waals surface area contributed by atoms with Crippen LogP contribution < -0.4 is 0 Å². The lowest BCUT2D eigenvalue weighted by Gasteiger charge is -2.43. The van der Waals surface area contributed by atoms with Gasteiger partial charge in [0, 0.05) is 12.8 Å². The van der Waals surface area contributed by atoms with Crippen molar-refractivity contribution in [3.8, 4) is 6.07 Å². The third-order valence-electron chi connectivity index (χ3n) is 4.45. The Balaban J connectivity index is 1.95. The van der Waals surface area contributed by atoms with Crippen molar-refractivity contribution in [3.05, 3.63) is 0 Å². The predicted molar refractivity (Wildman–Crippen MR) is 58.0 cm³/mol. The molecule has 0 saturated heterocycles. The van der Waals surface area contributed by atoms with E-state index >= 15 is 0 Å². The van der Waals surface area contributed by atoms with Crippen molar-refractivity contribution in [2.45, 2.75) is 51.9 Å². The summed E-state index contributed by atoms with van der Waals surface area (Å²) in [6.45, 7) is 2.25. The number of carbonyl (C=O) groups is 1.